The molecule has 7 heteroatoms. The Bertz CT molecular complexity index is 594. The maximum atomic E-state index is 12.2. The van der Waals surface area contributed by atoms with Crippen molar-refractivity contribution < 1.29 is 14.7 Å². The van der Waals surface area contributed by atoms with Gasteiger partial charge in [-0.1, -0.05) is 23.7 Å². The Morgan fingerprint density at radius 2 is 2.00 bits per heavy atom. The van der Waals surface area contributed by atoms with Gasteiger partial charge in [0.2, 0.25) is 5.91 Å². The van der Waals surface area contributed by atoms with E-state index in [0.717, 1.165) is 44.3 Å². The number of nitrogens with one attached hydrogen (secondary N) is 1. The minimum absolute atomic E-state index is 0.0382. The zero-order valence-electron chi connectivity index (χ0n) is 15.3. The summed E-state index contributed by atoms with van der Waals surface area (Å²) in [7, 11) is 1.86. The summed E-state index contributed by atoms with van der Waals surface area (Å²) in [6, 6.07) is 7.92. The second kappa shape index (κ2) is 10.5. The quantitative estimate of drug-likeness (QED) is 0.719. The van der Waals surface area contributed by atoms with Crippen molar-refractivity contribution in [2.45, 2.75) is 31.7 Å². The Balaban J connectivity index is 1.68. The first-order valence-corrected chi connectivity index (χ1v) is 9.47. The number of hydrogen-bond acceptors (Lipinski definition) is 4. The van der Waals surface area contributed by atoms with Crippen LogP contribution in [-0.4, -0.2) is 72.6 Å². The van der Waals surface area contributed by atoms with Crippen LogP contribution in [0, 0.1) is 0 Å². The molecule has 1 saturated heterocycles. The summed E-state index contributed by atoms with van der Waals surface area (Å²) in [6.45, 7) is 2.77. The second-order valence-corrected chi connectivity index (χ2v) is 7.33. The summed E-state index contributed by atoms with van der Waals surface area (Å²) >= 11 is 5.87. The van der Waals surface area contributed by atoms with Gasteiger partial charge in [-0.15, -0.1) is 0 Å². The molecule has 26 heavy (non-hydrogen) atoms. The molecule has 1 atom stereocenters. The SMILES string of the molecule is CN(CC(=O)O)C1CCCN(CC(=O)NCCc2ccc(Cl)cc2)CC1. The number of amides is 1. The molecule has 0 spiro atoms. The van der Waals surface area contributed by atoms with E-state index in [0.29, 0.717) is 18.1 Å². The van der Waals surface area contributed by atoms with Crippen LogP contribution in [0.4, 0.5) is 0 Å². The molecule has 0 saturated carbocycles. The van der Waals surface area contributed by atoms with Gasteiger partial charge in [0, 0.05) is 24.2 Å². The van der Waals surface area contributed by atoms with Gasteiger partial charge < -0.3 is 10.4 Å². The fraction of sp³-hybridized carbons (Fsp3) is 0.579. The average molecular weight is 382 g/mol. The summed E-state index contributed by atoms with van der Waals surface area (Å²) in [5.74, 6) is -0.759. The molecule has 1 aromatic rings. The molecule has 0 aliphatic carbocycles. The Labute approximate surface area is 160 Å². The van der Waals surface area contributed by atoms with Gasteiger partial charge in [0.15, 0.2) is 0 Å². The van der Waals surface area contributed by atoms with Crippen molar-refractivity contribution in [3.8, 4) is 0 Å². The van der Waals surface area contributed by atoms with Crippen molar-refractivity contribution in [2.24, 2.45) is 0 Å². The summed E-state index contributed by atoms with van der Waals surface area (Å²) in [5, 5.41) is 12.6. The van der Waals surface area contributed by atoms with Crippen LogP contribution < -0.4 is 5.32 Å². The normalized spacial score (nSPS) is 18.5. The van der Waals surface area contributed by atoms with Crippen LogP contribution in [0.5, 0.6) is 0 Å². The zero-order valence-corrected chi connectivity index (χ0v) is 16.0. The number of nitrogens with zero attached hydrogens (tertiary/aromatic N) is 2. The first kappa shape index (κ1) is 20.7. The van der Waals surface area contributed by atoms with Crippen molar-refractivity contribution in [3.05, 3.63) is 34.9 Å². The van der Waals surface area contributed by atoms with Crippen molar-refractivity contribution >= 4 is 23.5 Å². The number of rotatable bonds is 8. The molecular formula is C19H28ClN3O3. The summed E-state index contributed by atoms with van der Waals surface area (Å²) in [5.41, 5.74) is 1.15. The van der Waals surface area contributed by atoms with Crippen molar-refractivity contribution in [2.75, 3.05) is 39.8 Å². The van der Waals surface area contributed by atoms with Crippen molar-refractivity contribution in [1.29, 1.82) is 0 Å². The molecule has 1 aliphatic rings. The molecular weight excluding hydrogens is 354 g/mol. The number of aliphatic carboxylic acids is 1. The smallest absolute Gasteiger partial charge is 0.317 e. The molecule has 1 aliphatic heterocycles. The van der Waals surface area contributed by atoms with E-state index in [1.54, 1.807) is 0 Å². The number of benzene rings is 1. The molecule has 6 nitrogen and oxygen atoms in total. The number of likely N-dealkylation sites (tertiary alicyclic amines) is 1. The Morgan fingerprint density at radius 1 is 1.27 bits per heavy atom. The molecule has 1 fully saturated rings. The Morgan fingerprint density at radius 3 is 2.69 bits per heavy atom. The van der Waals surface area contributed by atoms with Gasteiger partial charge in [-0.2, -0.15) is 0 Å². The fourth-order valence-corrected chi connectivity index (χ4v) is 3.46. The maximum absolute atomic E-state index is 12.2. The van der Waals surface area contributed by atoms with E-state index in [2.05, 4.69) is 10.2 Å². The highest BCUT2D eigenvalue weighted by Crippen LogP contribution is 2.15. The monoisotopic (exact) mass is 381 g/mol. The van der Waals surface area contributed by atoms with Crippen LogP contribution in [-0.2, 0) is 16.0 Å². The number of carboxylic acids is 1. The minimum atomic E-state index is -0.798. The van der Waals surface area contributed by atoms with Crippen LogP contribution in [0.3, 0.4) is 0 Å². The van der Waals surface area contributed by atoms with Gasteiger partial charge >= 0.3 is 5.97 Å². The zero-order chi connectivity index (χ0) is 18.9. The van der Waals surface area contributed by atoms with E-state index >= 15 is 0 Å². The molecule has 144 valence electrons. The highest BCUT2D eigenvalue weighted by atomic mass is 35.5. The van der Waals surface area contributed by atoms with Crippen LogP contribution >= 0.6 is 11.6 Å². The summed E-state index contributed by atoms with van der Waals surface area (Å²) in [6.07, 6.45) is 3.62. The Hall–Kier alpha value is -1.63. The number of halogens is 1. The molecule has 1 unspecified atom stereocenters. The van der Waals surface area contributed by atoms with Gasteiger partial charge in [0.25, 0.3) is 0 Å². The first-order valence-electron chi connectivity index (χ1n) is 9.09. The lowest BCUT2D eigenvalue weighted by atomic mass is 10.1. The van der Waals surface area contributed by atoms with Gasteiger partial charge in [-0.05, 0) is 57.0 Å². The molecule has 1 heterocycles. The topological polar surface area (TPSA) is 72.9 Å². The van der Waals surface area contributed by atoms with E-state index in [4.69, 9.17) is 16.7 Å². The van der Waals surface area contributed by atoms with Gasteiger partial charge in [-0.25, -0.2) is 0 Å². The number of carbonyl (C=O) groups excluding carboxylic acids is 1. The lowest BCUT2D eigenvalue weighted by Gasteiger charge is -2.25. The van der Waals surface area contributed by atoms with Crippen LogP contribution in [0.2, 0.25) is 5.02 Å². The third kappa shape index (κ3) is 7.32. The maximum Gasteiger partial charge on any atom is 0.317 e. The van der Waals surface area contributed by atoms with E-state index in [1.807, 2.05) is 36.2 Å². The lowest BCUT2D eigenvalue weighted by Crippen LogP contribution is -2.39. The largest absolute Gasteiger partial charge is 0.480 e. The number of carbonyl (C=O) groups is 2. The van der Waals surface area contributed by atoms with Crippen molar-refractivity contribution in [1.82, 2.24) is 15.1 Å². The fourth-order valence-electron chi connectivity index (χ4n) is 3.34. The van der Waals surface area contributed by atoms with Crippen molar-refractivity contribution in [3.63, 3.8) is 0 Å². The van der Waals surface area contributed by atoms with Gasteiger partial charge in [-0.3, -0.25) is 19.4 Å². The number of hydrogen-bond donors (Lipinski definition) is 2. The van der Waals surface area contributed by atoms with Gasteiger partial charge in [0.1, 0.15) is 0 Å². The molecule has 0 bridgehead atoms. The third-order valence-corrected chi connectivity index (χ3v) is 5.07. The molecule has 2 rings (SSSR count). The minimum Gasteiger partial charge on any atom is -0.480 e. The molecule has 2 N–H and O–H groups in total. The van der Waals surface area contributed by atoms with E-state index < -0.39 is 5.97 Å². The number of carboxylic acid groups (broad SMARTS) is 1. The van der Waals surface area contributed by atoms with E-state index in [-0.39, 0.29) is 18.5 Å². The molecule has 0 radical (unpaired) electrons. The lowest BCUT2D eigenvalue weighted by molar-refractivity contribution is -0.138. The molecule has 1 aromatic carbocycles. The molecule has 1 amide bonds. The second-order valence-electron chi connectivity index (χ2n) is 6.90. The molecule has 0 aromatic heterocycles. The van der Waals surface area contributed by atoms with Crippen LogP contribution in [0.15, 0.2) is 24.3 Å². The Kier molecular flexibility index (Phi) is 8.35. The third-order valence-electron chi connectivity index (χ3n) is 4.81. The first-order chi connectivity index (χ1) is 12.4. The number of likely N-dealkylation sites (N-methyl/N-ethyl adjacent to an activating group) is 1. The van der Waals surface area contributed by atoms with Crippen LogP contribution in [0.25, 0.3) is 0 Å². The summed E-state index contributed by atoms with van der Waals surface area (Å²) < 4.78 is 0. The van der Waals surface area contributed by atoms with Gasteiger partial charge in [0.05, 0.1) is 13.1 Å². The summed E-state index contributed by atoms with van der Waals surface area (Å²) in [4.78, 5) is 27.1. The highest BCUT2D eigenvalue weighted by Gasteiger charge is 2.22. The predicted molar refractivity (Wildman–Crippen MR) is 103 cm³/mol. The highest BCUT2D eigenvalue weighted by molar-refractivity contribution is 6.30. The van der Waals surface area contributed by atoms with E-state index in [9.17, 15) is 9.59 Å². The van der Waals surface area contributed by atoms with E-state index in [1.165, 1.54) is 0 Å². The average Bonchev–Trinajstić information content (AvgIpc) is 2.82. The predicted octanol–water partition coefficient (Wildman–Crippen LogP) is 1.87. The van der Waals surface area contributed by atoms with Crippen LogP contribution in [0.1, 0.15) is 24.8 Å². The standard InChI is InChI=1S/C19H28ClN3O3/c1-22(14-19(25)26)17-3-2-11-23(12-9-17)13-18(24)21-10-8-15-4-6-16(20)7-5-15/h4-7,17H,2-3,8-14H2,1H3,(H,21,24)(H,25,26).